The summed E-state index contributed by atoms with van der Waals surface area (Å²) in [5.74, 6) is 1.67. The summed E-state index contributed by atoms with van der Waals surface area (Å²) in [6.07, 6.45) is 4.38. The highest BCUT2D eigenvalue weighted by molar-refractivity contribution is 5.43. The molecule has 1 rings (SSSR count). The molecular weight excluding hydrogens is 290 g/mol. The van der Waals surface area contributed by atoms with Crippen LogP contribution < -0.4 is 14.8 Å². The van der Waals surface area contributed by atoms with Crippen molar-refractivity contribution in [3.05, 3.63) is 23.8 Å². The Labute approximate surface area is 141 Å². The fraction of sp³-hybridized carbons (Fsp3) is 0.684. The highest BCUT2D eigenvalue weighted by Gasteiger charge is 2.06. The maximum atomic E-state index is 5.72. The van der Waals surface area contributed by atoms with E-state index in [4.69, 9.17) is 14.2 Å². The highest BCUT2D eigenvalue weighted by Crippen LogP contribution is 2.28. The number of hydrogen-bond donors (Lipinski definition) is 1. The summed E-state index contributed by atoms with van der Waals surface area (Å²) >= 11 is 0. The number of ether oxygens (including phenoxy) is 3. The molecule has 1 N–H and O–H groups in total. The zero-order chi connectivity index (χ0) is 16.8. The topological polar surface area (TPSA) is 39.7 Å². The molecule has 4 nitrogen and oxygen atoms in total. The zero-order valence-electron chi connectivity index (χ0n) is 15.0. The van der Waals surface area contributed by atoms with Crippen LogP contribution in [0.1, 0.15) is 52.0 Å². The van der Waals surface area contributed by atoms with Crippen LogP contribution in [-0.4, -0.2) is 33.0 Å². The molecule has 0 fully saturated rings. The van der Waals surface area contributed by atoms with Gasteiger partial charge in [0.05, 0.1) is 13.2 Å². The van der Waals surface area contributed by atoms with E-state index in [1.807, 2.05) is 13.0 Å². The van der Waals surface area contributed by atoms with E-state index in [-0.39, 0.29) is 0 Å². The molecule has 0 saturated heterocycles. The van der Waals surface area contributed by atoms with Crippen LogP contribution in [0.5, 0.6) is 11.5 Å². The van der Waals surface area contributed by atoms with Crippen LogP contribution in [0.3, 0.4) is 0 Å². The van der Waals surface area contributed by atoms with Crippen LogP contribution in [-0.2, 0) is 11.3 Å². The molecule has 0 spiro atoms. The summed E-state index contributed by atoms with van der Waals surface area (Å²) in [5.41, 5.74) is 1.21. The van der Waals surface area contributed by atoms with Gasteiger partial charge in [0.2, 0.25) is 0 Å². The molecule has 0 amide bonds. The minimum absolute atomic E-state index is 0.647. The quantitative estimate of drug-likeness (QED) is 0.522. The largest absolute Gasteiger partial charge is 0.490 e. The fourth-order valence-electron chi connectivity index (χ4n) is 2.14. The second kappa shape index (κ2) is 13.2. The Bertz CT molecular complexity index is 410. The van der Waals surface area contributed by atoms with Gasteiger partial charge in [-0.25, -0.2) is 0 Å². The Morgan fingerprint density at radius 3 is 2.43 bits per heavy atom. The van der Waals surface area contributed by atoms with Crippen LogP contribution in [0.2, 0.25) is 0 Å². The average molecular weight is 323 g/mol. The molecule has 0 radical (unpaired) electrons. The Kier molecular flexibility index (Phi) is 11.4. The molecule has 0 heterocycles. The lowest BCUT2D eigenvalue weighted by Crippen LogP contribution is -2.16. The molecule has 0 aromatic heterocycles. The van der Waals surface area contributed by atoms with Crippen molar-refractivity contribution in [2.24, 2.45) is 0 Å². The summed E-state index contributed by atoms with van der Waals surface area (Å²) in [4.78, 5) is 0. The molecule has 0 bridgehead atoms. The predicted molar refractivity (Wildman–Crippen MR) is 95.4 cm³/mol. The lowest BCUT2D eigenvalue weighted by molar-refractivity contribution is 0.129. The van der Waals surface area contributed by atoms with Gasteiger partial charge in [-0.3, -0.25) is 0 Å². The van der Waals surface area contributed by atoms with Gasteiger partial charge in [0, 0.05) is 19.8 Å². The Hall–Kier alpha value is -1.26. The molecule has 1 aromatic carbocycles. The second-order valence-corrected chi connectivity index (χ2v) is 5.56. The lowest BCUT2D eigenvalue weighted by atomic mass is 10.2. The van der Waals surface area contributed by atoms with Crippen LogP contribution in [0.25, 0.3) is 0 Å². The molecule has 1 aromatic rings. The molecular formula is C19H33NO3. The molecule has 4 heteroatoms. The third-order valence-electron chi connectivity index (χ3n) is 3.38. The maximum absolute atomic E-state index is 5.72. The van der Waals surface area contributed by atoms with Crippen LogP contribution >= 0.6 is 0 Å². The average Bonchev–Trinajstić information content (AvgIpc) is 2.57. The van der Waals surface area contributed by atoms with E-state index in [9.17, 15) is 0 Å². The van der Waals surface area contributed by atoms with E-state index in [2.05, 4.69) is 31.3 Å². The molecule has 0 unspecified atom stereocenters. The van der Waals surface area contributed by atoms with Crippen molar-refractivity contribution in [1.29, 1.82) is 0 Å². The summed E-state index contributed by atoms with van der Waals surface area (Å²) in [7, 11) is 0. The first-order valence-electron chi connectivity index (χ1n) is 8.98. The number of hydrogen-bond acceptors (Lipinski definition) is 4. The number of rotatable bonds is 14. The molecule has 0 aliphatic carbocycles. The molecule has 0 aliphatic rings. The molecule has 132 valence electrons. The van der Waals surface area contributed by atoms with Crippen molar-refractivity contribution in [2.75, 3.05) is 33.0 Å². The summed E-state index contributed by atoms with van der Waals surface area (Å²) in [5, 5.41) is 3.45. The third-order valence-corrected chi connectivity index (χ3v) is 3.38. The van der Waals surface area contributed by atoms with E-state index < -0.39 is 0 Å². The molecule has 0 saturated carbocycles. The SMILES string of the molecule is CCCCOCCCNCc1ccc(OCCC)c(OCC)c1. The van der Waals surface area contributed by atoms with Crippen molar-refractivity contribution < 1.29 is 14.2 Å². The maximum Gasteiger partial charge on any atom is 0.161 e. The Morgan fingerprint density at radius 1 is 0.870 bits per heavy atom. The molecule has 0 atom stereocenters. The first kappa shape index (κ1) is 19.8. The van der Waals surface area contributed by atoms with Crippen molar-refractivity contribution in [1.82, 2.24) is 5.32 Å². The Morgan fingerprint density at radius 2 is 1.70 bits per heavy atom. The van der Waals surface area contributed by atoms with Gasteiger partial charge in [-0.15, -0.1) is 0 Å². The van der Waals surface area contributed by atoms with Crippen LogP contribution in [0.4, 0.5) is 0 Å². The first-order valence-corrected chi connectivity index (χ1v) is 8.98. The minimum Gasteiger partial charge on any atom is -0.490 e. The Balaban J connectivity index is 2.31. The van der Waals surface area contributed by atoms with Crippen LogP contribution in [0.15, 0.2) is 18.2 Å². The van der Waals surface area contributed by atoms with E-state index in [1.165, 1.54) is 12.0 Å². The van der Waals surface area contributed by atoms with Crippen LogP contribution in [0, 0.1) is 0 Å². The monoisotopic (exact) mass is 323 g/mol. The zero-order valence-corrected chi connectivity index (χ0v) is 15.0. The molecule has 0 aliphatic heterocycles. The normalized spacial score (nSPS) is 10.7. The number of nitrogens with one attached hydrogen (secondary N) is 1. The number of benzene rings is 1. The smallest absolute Gasteiger partial charge is 0.161 e. The lowest BCUT2D eigenvalue weighted by Gasteiger charge is -2.13. The van der Waals surface area contributed by atoms with Crippen molar-refractivity contribution in [3.8, 4) is 11.5 Å². The van der Waals surface area contributed by atoms with E-state index in [0.29, 0.717) is 6.61 Å². The standard InChI is InChI=1S/C19H33NO3/c1-4-7-13-21-14-8-11-20-16-17-9-10-18(23-12-5-2)19(15-17)22-6-3/h9-10,15,20H,4-8,11-14,16H2,1-3H3. The summed E-state index contributed by atoms with van der Waals surface area (Å²) in [6, 6.07) is 6.17. The number of unbranched alkanes of at least 4 members (excludes halogenated alkanes) is 1. The third kappa shape index (κ3) is 8.82. The van der Waals surface area contributed by atoms with Crippen molar-refractivity contribution >= 4 is 0 Å². The van der Waals surface area contributed by atoms with Gasteiger partial charge in [-0.1, -0.05) is 26.3 Å². The van der Waals surface area contributed by atoms with Gasteiger partial charge < -0.3 is 19.5 Å². The van der Waals surface area contributed by atoms with Crippen molar-refractivity contribution in [2.45, 2.75) is 53.0 Å². The fourth-order valence-corrected chi connectivity index (χ4v) is 2.14. The minimum atomic E-state index is 0.647. The second-order valence-electron chi connectivity index (χ2n) is 5.56. The van der Waals surface area contributed by atoms with Gasteiger partial charge in [0.15, 0.2) is 11.5 Å². The van der Waals surface area contributed by atoms with Gasteiger partial charge >= 0.3 is 0 Å². The van der Waals surface area contributed by atoms with E-state index in [1.54, 1.807) is 0 Å². The van der Waals surface area contributed by atoms with Gasteiger partial charge in [-0.2, -0.15) is 0 Å². The van der Waals surface area contributed by atoms with E-state index >= 15 is 0 Å². The molecule has 23 heavy (non-hydrogen) atoms. The first-order chi connectivity index (χ1) is 11.3. The van der Waals surface area contributed by atoms with Gasteiger partial charge in [-0.05, 0) is 50.4 Å². The van der Waals surface area contributed by atoms with Gasteiger partial charge in [0.1, 0.15) is 0 Å². The van der Waals surface area contributed by atoms with Crippen molar-refractivity contribution in [3.63, 3.8) is 0 Å². The van der Waals surface area contributed by atoms with Gasteiger partial charge in [0.25, 0.3) is 0 Å². The predicted octanol–water partition coefficient (Wildman–Crippen LogP) is 4.17. The van der Waals surface area contributed by atoms with E-state index in [0.717, 1.165) is 63.7 Å². The highest BCUT2D eigenvalue weighted by atomic mass is 16.5. The summed E-state index contributed by atoms with van der Waals surface area (Å²) < 4.78 is 17.0. The summed E-state index contributed by atoms with van der Waals surface area (Å²) in [6.45, 7) is 11.2.